The van der Waals surface area contributed by atoms with Gasteiger partial charge in [-0.15, -0.1) is 0 Å². The van der Waals surface area contributed by atoms with Gasteiger partial charge >= 0.3 is 42.7 Å². The predicted molar refractivity (Wildman–Crippen MR) is 94.7 cm³/mol. The minimum absolute atomic E-state index is 0. The number of aromatic hydroxyl groups is 2. The van der Waals surface area contributed by atoms with Crippen LogP contribution in [0.25, 0.3) is 0 Å². The molecule has 0 spiro atoms. The molecule has 30 heavy (non-hydrogen) atoms. The number of carbonyl (C=O) groups excluding carboxylic acids is 2. The first-order valence-electron chi connectivity index (χ1n) is 7.40. The first-order valence-corrected chi connectivity index (χ1v) is 7.40. The summed E-state index contributed by atoms with van der Waals surface area (Å²) in [4.78, 5) is 43.1. The maximum Gasteiger partial charge on any atom is 1.00 e. The van der Waals surface area contributed by atoms with E-state index in [9.17, 15) is 24.3 Å². The Morgan fingerprint density at radius 1 is 0.633 bits per heavy atom. The monoisotopic (exact) mass is 416 g/mol. The van der Waals surface area contributed by atoms with Crippen LogP contribution in [0.1, 0.15) is 41.4 Å². The number of hydrogen-bond donors (Lipinski definition) is 4. The molecule has 0 fully saturated rings. The van der Waals surface area contributed by atoms with Gasteiger partial charge in [0.15, 0.2) is 0 Å². The van der Waals surface area contributed by atoms with Crippen molar-refractivity contribution in [3.63, 3.8) is 0 Å². The van der Waals surface area contributed by atoms with Crippen LogP contribution < -0.4 is 18.9 Å². The minimum Gasteiger partial charge on any atom is -0.870 e. The maximum atomic E-state index is 11.1. The Bertz CT molecular complexity index is 858. The molecule has 0 unspecified atom stereocenters. The van der Waals surface area contributed by atoms with Crippen molar-refractivity contribution >= 4 is 23.9 Å². The number of esters is 2. The van der Waals surface area contributed by atoms with Gasteiger partial charge in [0.05, 0.1) is 36.5 Å². The van der Waals surface area contributed by atoms with Crippen molar-refractivity contribution < 1.29 is 73.4 Å². The molecular weight excluding hydrogens is 399 g/mol. The third kappa shape index (κ3) is 8.23. The van der Waals surface area contributed by atoms with Gasteiger partial charge in [-0.2, -0.15) is 0 Å². The second-order valence-corrected chi connectivity index (χ2v) is 5.13. The summed E-state index contributed by atoms with van der Waals surface area (Å²) < 4.78 is 8.91. The molecule has 0 saturated carbocycles. The number of aromatic carboxylic acids is 2. The molecule has 0 amide bonds. The molecule has 2 aromatic rings. The van der Waals surface area contributed by atoms with Crippen molar-refractivity contribution in [2.24, 2.45) is 0 Å². The summed E-state index contributed by atoms with van der Waals surface area (Å²) >= 11 is 0. The number of phenols is 2. The van der Waals surface area contributed by atoms with Gasteiger partial charge in [-0.05, 0) is 36.4 Å². The summed E-state index contributed by atoms with van der Waals surface area (Å²) in [5, 5.41) is 35.3. The van der Waals surface area contributed by atoms with Gasteiger partial charge in [0.2, 0.25) is 0 Å². The van der Waals surface area contributed by atoms with Crippen LogP contribution in [0, 0.1) is 0 Å². The summed E-state index contributed by atoms with van der Waals surface area (Å²) in [5.41, 5.74) is -0.314. The molecule has 0 aliphatic heterocycles. The zero-order valence-electron chi connectivity index (χ0n) is 16.1. The van der Waals surface area contributed by atoms with Gasteiger partial charge in [-0.25, -0.2) is 19.2 Å². The average Bonchev–Trinajstić information content (AvgIpc) is 2.66. The Hall–Kier alpha value is -3.52. The van der Waals surface area contributed by atoms with E-state index in [0.717, 1.165) is 18.2 Å². The van der Waals surface area contributed by atoms with Crippen molar-refractivity contribution in [3.05, 3.63) is 58.7 Å². The summed E-state index contributed by atoms with van der Waals surface area (Å²) in [6, 6.07) is 6.64. The van der Waals surface area contributed by atoms with E-state index in [1.54, 1.807) is 0 Å². The van der Waals surface area contributed by atoms with E-state index >= 15 is 0 Å². The quantitative estimate of drug-likeness (QED) is 0.337. The van der Waals surface area contributed by atoms with E-state index in [2.05, 4.69) is 9.47 Å². The zero-order valence-corrected chi connectivity index (χ0v) is 16.1. The van der Waals surface area contributed by atoms with Crippen LogP contribution in [-0.2, 0) is 9.47 Å². The van der Waals surface area contributed by atoms with Crippen LogP contribution in [0.5, 0.6) is 11.5 Å². The van der Waals surface area contributed by atoms with E-state index in [1.165, 1.54) is 32.4 Å². The van der Waals surface area contributed by atoms with Crippen LogP contribution in [0.3, 0.4) is 0 Å². The molecule has 0 radical (unpaired) electrons. The number of carbonyl (C=O) groups is 4. The van der Waals surface area contributed by atoms with E-state index in [4.69, 9.17) is 15.3 Å². The van der Waals surface area contributed by atoms with Crippen molar-refractivity contribution in [1.82, 2.24) is 0 Å². The normalized spacial score (nSPS) is 8.87. The molecule has 0 aliphatic rings. The molecule has 11 nitrogen and oxygen atoms in total. The SMILES string of the molecule is COC(=O)c1cc(O)cc(C(=O)OC)c1.O=C(O)c1cc(O)cc(C(=O)O)c1.[Li+].[OH-]. The summed E-state index contributed by atoms with van der Waals surface area (Å²) in [6.45, 7) is 0. The number of ether oxygens (including phenoxy) is 2. The fourth-order valence-corrected chi connectivity index (χ4v) is 1.94. The maximum absolute atomic E-state index is 11.1. The van der Waals surface area contributed by atoms with E-state index in [0.29, 0.717) is 0 Å². The van der Waals surface area contributed by atoms with E-state index < -0.39 is 23.9 Å². The Balaban J connectivity index is 0. The Morgan fingerprint density at radius 2 is 0.900 bits per heavy atom. The molecule has 0 saturated heterocycles. The number of methoxy groups -OCH3 is 2. The van der Waals surface area contributed by atoms with Gasteiger partial charge in [-0.3, -0.25) is 0 Å². The van der Waals surface area contributed by atoms with Gasteiger partial charge in [0, 0.05) is 0 Å². The first kappa shape index (κ1) is 28.7. The summed E-state index contributed by atoms with van der Waals surface area (Å²) in [6.07, 6.45) is 0. The predicted octanol–water partition coefficient (Wildman–Crippen LogP) is -1.42. The summed E-state index contributed by atoms with van der Waals surface area (Å²) in [5.74, 6) is -4.39. The molecule has 2 aromatic carbocycles. The van der Waals surface area contributed by atoms with Crippen molar-refractivity contribution in [1.29, 1.82) is 0 Å². The van der Waals surface area contributed by atoms with Gasteiger partial charge in [0.25, 0.3) is 0 Å². The average molecular weight is 416 g/mol. The largest absolute Gasteiger partial charge is 1.00 e. The van der Waals surface area contributed by atoms with Crippen LogP contribution in [0.2, 0.25) is 0 Å². The van der Waals surface area contributed by atoms with Crippen LogP contribution in [0.4, 0.5) is 0 Å². The Labute approximate surface area is 182 Å². The Kier molecular flexibility index (Phi) is 12.3. The van der Waals surface area contributed by atoms with E-state index in [1.807, 2.05) is 0 Å². The Morgan fingerprint density at radius 3 is 1.17 bits per heavy atom. The topological polar surface area (TPSA) is 198 Å². The standard InChI is InChI=1S/C10H10O5.C8H6O5.Li.H2O/c1-14-9(12)6-3-7(10(13)15-2)5-8(11)4-6;9-6-2-4(7(10)11)1-5(3-6)8(12)13;;/h3-5,11H,1-2H3;1-3,9H,(H,10,11)(H,12,13);;1H2/q;;+1;/p-1. The molecule has 2 rings (SSSR count). The molecule has 0 aliphatic carbocycles. The van der Waals surface area contributed by atoms with Gasteiger partial charge in [-0.1, -0.05) is 0 Å². The van der Waals surface area contributed by atoms with Gasteiger partial charge < -0.3 is 35.4 Å². The van der Waals surface area contributed by atoms with Crippen molar-refractivity contribution in [2.45, 2.75) is 0 Å². The number of carboxylic acid groups (broad SMARTS) is 2. The third-order valence-corrected chi connectivity index (χ3v) is 3.17. The number of benzene rings is 2. The smallest absolute Gasteiger partial charge is 0.870 e. The molecule has 156 valence electrons. The van der Waals surface area contributed by atoms with Crippen LogP contribution in [-0.4, -0.2) is 64.0 Å². The number of carboxylic acids is 2. The molecule has 0 bridgehead atoms. The fraction of sp³-hybridized carbons (Fsp3) is 0.111. The van der Waals surface area contributed by atoms with Crippen molar-refractivity contribution in [3.8, 4) is 11.5 Å². The molecule has 0 atom stereocenters. The number of rotatable bonds is 4. The number of hydrogen-bond acceptors (Lipinski definition) is 9. The second-order valence-electron chi connectivity index (χ2n) is 5.13. The second kappa shape index (κ2) is 12.8. The third-order valence-electron chi connectivity index (χ3n) is 3.17. The van der Waals surface area contributed by atoms with Gasteiger partial charge in [0.1, 0.15) is 11.5 Å². The molecular formula is C18H17LiO11. The molecule has 12 heteroatoms. The molecule has 0 aromatic heterocycles. The molecule has 0 heterocycles. The zero-order chi connectivity index (χ0) is 21.4. The fourth-order valence-electron chi connectivity index (χ4n) is 1.94. The number of phenolic OH excluding ortho intramolecular Hbond substituents is 2. The van der Waals surface area contributed by atoms with Crippen LogP contribution in [0.15, 0.2) is 36.4 Å². The first-order chi connectivity index (χ1) is 13.1. The van der Waals surface area contributed by atoms with Crippen LogP contribution >= 0.6 is 0 Å². The summed E-state index contributed by atoms with van der Waals surface area (Å²) in [7, 11) is 2.42. The molecule has 5 N–H and O–H groups in total. The van der Waals surface area contributed by atoms with Crippen molar-refractivity contribution in [2.75, 3.05) is 14.2 Å². The van der Waals surface area contributed by atoms with E-state index in [-0.39, 0.29) is 58.1 Å². The minimum atomic E-state index is -1.28.